The van der Waals surface area contributed by atoms with Crippen LogP contribution in [-0.2, 0) is 0 Å². The van der Waals surface area contributed by atoms with E-state index < -0.39 is 0 Å². The molecular formula is C17H14BrClN2. The molecule has 0 aliphatic heterocycles. The highest BCUT2D eigenvalue weighted by Crippen LogP contribution is 2.35. The van der Waals surface area contributed by atoms with Gasteiger partial charge in [-0.05, 0) is 46.2 Å². The molecule has 3 aromatic rings. The molecule has 2 aromatic carbocycles. The lowest BCUT2D eigenvalue weighted by Crippen LogP contribution is -2.18. The van der Waals surface area contributed by atoms with E-state index in [9.17, 15) is 0 Å². The van der Waals surface area contributed by atoms with Crippen LogP contribution in [0.5, 0.6) is 0 Å². The van der Waals surface area contributed by atoms with Gasteiger partial charge in [0, 0.05) is 16.1 Å². The maximum atomic E-state index is 6.46. The molecular weight excluding hydrogens is 348 g/mol. The Labute approximate surface area is 137 Å². The molecule has 1 heterocycles. The van der Waals surface area contributed by atoms with Crippen LogP contribution in [0.25, 0.3) is 10.9 Å². The molecule has 106 valence electrons. The fraction of sp³-hybridized carbons (Fsp3) is 0.118. The molecule has 4 heteroatoms. The number of hydrogen-bond donors (Lipinski definition) is 1. The molecule has 0 aliphatic rings. The van der Waals surface area contributed by atoms with Crippen LogP contribution in [0.3, 0.4) is 0 Å². The van der Waals surface area contributed by atoms with Gasteiger partial charge in [-0.1, -0.05) is 48.0 Å². The number of halogens is 2. The number of benzene rings is 2. The summed E-state index contributed by atoms with van der Waals surface area (Å²) < 4.78 is 0.898. The first-order chi connectivity index (χ1) is 10.2. The Hall–Kier alpha value is -1.42. The van der Waals surface area contributed by atoms with Crippen LogP contribution in [0.2, 0.25) is 5.02 Å². The lowest BCUT2D eigenvalue weighted by Gasteiger charge is -2.20. The molecule has 0 bridgehead atoms. The van der Waals surface area contributed by atoms with E-state index in [0.717, 1.165) is 31.5 Å². The normalized spacial score (nSPS) is 12.5. The third kappa shape index (κ3) is 2.69. The van der Waals surface area contributed by atoms with Gasteiger partial charge in [0.2, 0.25) is 0 Å². The van der Waals surface area contributed by atoms with Crippen LogP contribution in [0.4, 0.5) is 0 Å². The summed E-state index contributed by atoms with van der Waals surface area (Å²) in [7, 11) is 1.93. The number of fused-ring (bicyclic) bond motifs is 1. The van der Waals surface area contributed by atoms with Gasteiger partial charge < -0.3 is 5.32 Å². The molecule has 21 heavy (non-hydrogen) atoms. The predicted molar refractivity (Wildman–Crippen MR) is 91.8 cm³/mol. The van der Waals surface area contributed by atoms with E-state index in [-0.39, 0.29) is 6.04 Å². The summed E-state index contributed by atoms with van der Waals surface area (Å²) in [6.45, 7) is 0. The lowest BCUT2D eigenvalue weighted by molar-refractivity contribution is 0.695. The van der Waals surface area contributed by atoms with Crippen LogP contribution in [0.1, 0.15) is 17.2 Å². The number of para-hydroxylation sites is 1. The Bertz CT molecular complexity index is 783. The largest absolute Gasteiger partial charge is 0.309 e. The highest BCUT2D eigenvalue weighted by atomic mass is 79.9. The summed E-state index contributed by atoms with van der Waals surface area (Å²) in [5, 5.41) is 5.20. The summed E-state index contributed by atoms with van der Waals surface area (Å²) >= 11 is 9.95. The minimum atomic E-state index is -0.00593. The molecule has 3 rings (SSSR count). The summed E-state index contributed by atoms with van der Waals surface area (Å²) in [6, 6.07) is 16.2. The molecule has 0 amide bonds. The summed E-state index contributed by atoms with van der Waals surface area (Å²) in [4.78, 5) is 4.53. The second-order valence-electron chi connectivity index (χ2n) is 4.79. The molecule has 0 radical (unpaired) electrons. The zero-order valence-corrected chi connectivity index (χ0v) is 13.8. The smallest absolute Gasteiger partial charge is 0.0753 e. The first kappa shape index (κ1) is 14.5. The monoisotopic (exact) mass is 360 g/mol. The zero-order chi connectivity index (χ0) is 14.8. The maximum absolute atomic E-state index is 6.46. The number of nitrogens with zero attached hydrogens (tertiary/aromatic N) is 1. The van der Waals surface area contributed by atoms with Crippen molar-refractivity contribution in [3.05, 3.63) is 75.4 Å². The number of nitrogens with one attached hydrogen (secondary N) is 1. The Morgan fingerprint density at radius 3 is 2.57 bits per heavy atom. The molecule has 0 spiro atoms. The predicted octanol–water partition coefficient (Wildman–Crippen LogP) is 4.96. The molecule has 0 saturated carbocycles. The topological polar surface area (TPSA) is 24.9 Å². The van der Waals surface area contributed by atoms with Crippen molar-refractivity contribution in [2.24, 2.45) is 0 Å². The van der Waals surface area contributed by atoms with E-state index in [0.29, 0.717) is 0 Å². The van der Waals surface area contributed by atoms with Gasteiger partial charge in [-0.15, -0.1) is 0 Å². The molecule has 0 aliphatic carbocycles. The highest BCUT2D eigenvalue weighted by molar-refractivity contribution is 9.10. The van der Waals surface area contributed by atoms with Crippen molar-refractivity contribution in [2.75, 3.05) is 7.05 Å². The van der Waals surface area contributed by atoms with Crippen LogP contribution in [0.15, 0.2) is 59.2 Å². The van der Waals surface area contributed by atoms with Crippen molar-refractivity contribution in [3.63, 3.8) is 0 Å². The van der Waals surface area contributed by atoms with E-state index in [1.54, 1.807) is 0 Å². The fourth-order valence-corrected chi connectivity index (χ4v) is 3.20. The van der Waals surface area contributed by atoms with Crippen LogP contribution < -0.4 is 5.32 Å². The quantitative estimate of drug-likeness (QED) is 0.713. The van der Waals surface area contributed by atoms with Gasteiger partial charge in [0.15, 0.2) is 0 Å². The minimum Gasteiger partial charge on any atom is -0.309 e. The zero-order valence-electron chi connectivity index (χ0n) is 11.5. The van der Waals surface area contributed by atoms with E-state index in [2.05, 4.69) is 50.5 Å². The first-order valence-corrected chi connectivity index (χ1v) is 7.84. The van der Waals surface area contributed by atoms with Gasteiger partial charge in [0.25, 0.3) is 0 Å². The van der Waals surface area contributed by atoms with Crippen molar-refractivity contribution < 1.29 is 0 Å². The molecule has 1 unspecified atom stereocenters. The molecule has 1 atom stereocenters. The average Bonchev–Trinajstić information content (AvgIpc) is 2.52. The molecule has 2 nitrogen and oxygen atoms in total. The van der Waals surface area contributed by atoms with Gasteiger partial charge in [0.05, 0.1) is 16.6 Å². The number of rotatable bonds is 3. The standard InChI is InChI=1S/C17H14BrClN2/c1-20-17(12-7-3-9-14(18)15(12)19)13-8-2-5-11-6-4-10-21-16(11)13/h2-10,17,20H,1H3. The van der Waals surface area contributed by atoms with Crippen LogP contribution in [-0.4, -0.2) is 12.0 Å². The van der Waals surface area contributed by atoms with Crippen molar-refractivity contribution in [3.8, 4) is 0 Å². The van der Waals surface area contributed by atoms with Crippen LogP contribution >= 0.6 is 27.5 Å². The SMILES string of the molecule is CNC(c1cccc(Br)c1Cl)c1cccc2cccnc12. The van der Waals surface area contributed by atoms with Crippen molar-refractivity contribution in [1.29, 1.82) is 0 Å². The number of aromatic nitrogens is 1. The Balaban J connectivity index is 2.21. The Morgan fingerprint density at radius 1 is 1.05 bits per heavy atom. The van der Waals surface area contributed by atoms with E-state index in [4.69, 9.17) is 11.6 Å². The van der Waals surface area contributed by atoms with Gasteiger partial charge in [-0.3, -0.25) is 4.98 Å². The summed E-state index contributed by atoms with van der Waals surface area (Å²) in [6.07, 6.45) is 1.82. The van der Waals surface area contributed by atoms with Crippen LogP contribution in [0, 0.1) is 0 Å². The van der Waals surface area contributed by atoms with Crippen molar-refractivity contribution in [2.45, 2.75) is 6.04 Å². The third-order valence-electron chi connectivity index (χ3n) is 3.56. The van der Waals surface area contributed by atoms with Crippen molar-refractivity contribution >= 4 is 38.4 Å². The van der Waals surface area contributed by atoms with Gasteiger partial charge in [-0.25, -0.2) is 0 Å². The molecule has 1 N–H and O–H groups in total. The highest BCUT2D eigenvalue weighted by Gasteiger charge is 2.19. The first-order valence-electron chi connectivity index (χ1n) is 6.67. The number of hydrogen-bond acceptors (Lipinski definition) is 2. The fourth-order valence-electron chi connectivity index (χ4n) is 2.58. The second kappa shape index (κ2) is 6.14. The van der Waals surface area contributed by atoms with Crippen molar-refractivity contribution in [1.82, 2.24) is 10.3 Å². The van der Waals surface area contributed by atoms with E-state index in [1.807, 2.05) is 37.5 Å². The lowest BCUT2D eigenvalue weighted by atomic mass is 9.96. The van der Waals surface area contributed by atoms with Gasteiger partial charge in [0.1, 0.15) is 0 Å². The van der Waals surface area contributed by atoms with E-state index in [1.165, 1.54) is 0 Å². The second-order valence-corrected chi connectivity index (χ2v) is 6.02. The molecule has 0 saturated heterocycles. The summed E-state index contributed by atoms with van der Waals surface area (Å²) in [5.41, 5.74) is 3.15. The Morgan fingerprint density at radius 2 is 1.76 bits per heavy atom. The third-order valence-corrected chi connectivity index (χ3v) is 4.87. The van der Waals surface area contributed by atoms with Gasteiger partial charge in [-0.2, -0.15) is 0 Å². The average molecular weight is 362 g/mol. The maximum Gasteiger partial charge on any atom is 0.0753 e. The molecule has 1 aromatic heterocycles. The van der Waals surface area contributed by atoms with E-state index >= 15 is 0 Å². The summed E-state index contributed by atoms with van der Waals surface area (Å²) in [5.74, 6) is 0. The van der Waals surface area contributed by atoms with Gasteiger partial charge >= 0.3 is 0 Å². The minimum absolute atomic E-state index is 0.00593. The number of pyridine rings is 1. The Kier molecular flexibility index (Phi) is 4.24. The molecule has 0 fully saturated rings.